The maximum atomic E-state index is 13.6. The number of amides is 2. The summed E-state index contributed by atoms with van der Waals surface area (Å²) in [4.78, 5) is 28.8. The van der Waals surface area contributed by atoms with Crippen LogP contribution in [-0.4, -0.2) is 35.6 Å². The van der Waals surface area contributed by atoms with Crippen molar-refractivity contribution in [1.82, 2.24) is 20.8 Å². The van der Waals surface area contributed by atoms with Gasteiger partial charge in [-0.15, -0.1) is 0 Å². The largest absolute Gasteiger partial charge is 0.494 e. The average Bonchev–Trinajstić information content (AvgIpc) is 3.27. The van der Waals surface area contributed by atoms with E-state index in [1.807, 2.05) is 6.92 Å². The Morgan fingerprint density at radius 2 is 1.88 bits per heavy atom. The second-order valence-corrected chi connectivity index (χ2v) is 6.76. The second-order valence-electron chi connectivity index (χ2n) is 6.76. The van der Waals surface area contributed by atoms with Gasteiger partial charge in [0.1, 0.15) is 11.8 Å². The number of nitrogens with one attached hydrogen (secondary N) is 2. The Morgan fingerprint density at radius 1 is 1.12 bits per heavy atom. The van der Waals surface area contributed by atoms with Crippen molar-refractivity contribution in [2.45, 2.75) is 25.8 Å². The molecule has 1 heterocycles. The van der Waals surface area contributed by atoms with Crippen LogP contribution in [0.5, 0.6) is 5.75 Å². The number of nitrogens with zero attached hydrogens (tertiary/aromatic N) is 2. The molecule has 32 heavy (non-hydrogen) atoms. The summed E-state index contributed by atoms with van der Waals surface area (Å²) in [7, 11) is 1.38. The molecule has 168 valence electrons. The van der Waals surface area contributed by atoms with Crippen molar-refractivity contribution >= 4 is 11.8 Å². The molecule has 0 fully saturated rings. The highest BCUT2D eigenvalue weighted by molar-refractivity contribution is 5.88. The summed E-state index contributed by atoms with van der Waals surface area (Å²) in [5, 5.41) is 8.81. The molecule has 0 aliphatic carbocycles. The zero-order chi connectivity index (χ0) is 23.1. The molecule has 2 N–H and O–H groups in total. The van der Waals surface area contributed by atoms with Crippen molar-refractivity contribution < 1.29 is 27.6 Å². The first-order valence-corrected chi connectivity index (χ1v) is 9.93. The zero-order valence-corrected chi connectivity index (χ0v) is 17.5. The first-order valence-electron chi connectivity index (χ1n) is 9.93. The van der Waals surface area contributed by atoms with Crippen molar-refractivity contribution in [2.75, 3.05) is 13.7 Å². The number of likely N-dealkylation sites (N-methyl/N-ethyl adjacent to an activating group) is 1. The van der Waals surface area contributed by atoms with Crippen LogP contribution < -0.4 is 15.4 Å². The smallest absolute Gasteiger partial charge is 0.246 e. The molecule has 1 atom stereocenters. The van der Waals surface area contributed by atoms with Gasteiger partial charge < -0.3 is 19.9 Å². The van der Waals surface area contributed by atoms with Crippen LogP contribution in [0.4, 0.5) is 8.78 Å². The van der Waals surface area contributed by atoms with Gasteiger partial charge in [-0.3, -0.25) is 9.59 Å². The number of rotatable bonds is 9. The predicted octanol–water partition coefficient (Wildman–Crippen LogP) is 2.95. The monoisotopic (exact) mass is 444 g/mol. The number of carbonyl (C=O) groups excluding carboxylic acids is 2. The summed E-state index contributed by atoms with van der Waals surface area (Å²) in [5.41, 5.74) is 0.845. The summed E-state index contributed by atoms with van der Waals surface area (Å²) in [5.74, 6) is -1.89. The van der Waals surface area contributed by atoms with Crippen LogP contribution in [0.2, 0.25) is 0 Å². The Labute approximate surface area is 183 Å². The van der Waals surface area contributed by atoms with Crippen molar-refractivity contribution in [3.8, 4) is 17.1 Å². The maximum absolute atomic E-state index is 13.6. The molecule has 0 bridgehead atoms. The molecule has 0 radical (unpaired) electrons. The summed E-state index contributed by atoms with van der Waals surface area (Å²) in [6.07, 6.45) is 0.0796. The van der Waals surface area contributed by atoms with Gasteiger partial charge >= 0.3 is 0 Å². The van der Waals surface area contributed by atoms with Crippen LogP contribution in [0.1, 0.15) is 30.8 Å². The van der Waals surface area contributed by atoms with E-state index in [1.54, 1.807) is 24.3 Å². The molecule has 0 aliphatic heterocycles. The van der Waals surface area contributed by atoms with E-state index in [0.29, 0.717) is 12.4 Å². The molecule has 0 saturated carbocycles. The van der Waals surface area contributed by atoms with Crippen LogP contribution in [0.3, 0.4) is 0 Å². The van der Waals surface area contributed by atoms with Crippen LogP contribution in [-0.2, 0) is 16.0 Å². The minimum Gasteiger partial charge on any atom is -0.494 e. The van der Waals surface area contributed by atoms with E-state index < -0.39 is 29.5 Å². The number of carbonyl (C=O) groups is 2. The van der Waals surface area contributed by atoms with Gasteiger partial charge in [0, 0.05) is 25.5 Å². The summed E-state index contributed by atoms with van der Waals surface area (Å²) < 4.78 is 37.3. The van der Waals surface area contributed by atoms with E-state index in [4.69, 9.17) is 9.26 Å². The highest BCUT2D eigenvalue weighted by Crippen LogP contribution is 2.21. The topological polar surface area (TPSA) is 106 Å². The van der Waals surface area contributed by atoms with Gasteiger partial charge in [-0.05, 0) is 48.9 Å². The van der Waals surface area contributed by atoms with Crippen LogP contribution >= 0.6 is 0 Å². The zero-order valence-electron chi connectivity index (χ0n) is 17.5. The van der Waals surface area contributed by atoms with E-state index in [2.05, 4.69) is 20.8 Å². The number of hydrogen-bond donors (Lipinski definition) is 2. The molecule has 2 amide bonds. The van der Waals surface area contributed by atoms with Gasteiger partial charge in [-0.25, -0.2) is 8.78 Å². The third kappa shape index (κ3) is 5.65. The lowest BCUT2D eigenvalue weighted by atomic mass is 10.1. The van der Waals surface area contributed by atoms with Crippen molar-refractivity contribution in [3.63, 3.8) is 0 Å². The van der Waals surface area contributed by atoms with E-state index in [0.717, 1.165) is 23.4 Å². The lowest BCUT2D eigenvalue weighted by Crippen LogP contribution is -2.39. The SMILES string of the molecule is CCOc1ccc(-c2noc(CCC(=O)NC(C(=O)NC)c3ccc(F)c(F)c3)n2)cc1. The second kappa shape index (κ2) is 10.5. The molecule has 0 aliphatic rings. The lowest BCUT2D eigenvalue weighted by molar-refractivity contribution is -0.128. The van der Waals surface area contributed by atoms with Gasteiger partial charge in [0.2, 0.25) is 23.5 Å². The number of aryl methyl sites for hydroxylation is 1. The summed E-state index contributed by atoms with van der Waals surface area (Å²) in [6, 6.07) is 9.00. The fourth-order valence-corrected chi connectivity index (χ4v) is 2.93. The normalized spacial score (nSPS) is 11.6. The van der Waals surface area contributed by atoms with Crippen molar-refractivity contribution in [3.05, 3.63) is 65.6 Å². The van der Waals surface area contributed by atoms with Gasteiger partial charge in [0.25, 0.3) is 0 Å². The molecule has 1 aromatic heterocycles. The van der Waals surface area contributed by atoms with Gasteiger partial charge in [0.05, 0.1) is 6.61 Å². The highest BCUT2D eigenvalue weighted by Gasteiger charge is 2.23. The molecular formula is C22H22F2N4O4. The summed E-state index contributed by atoms with van der Waals surface area (Å²) in [6.45, 7) is 2.45. The van der Waals surface area contributed by atoms with Crippen molar-refractivity contribution in [1.29, 1.82) is 0 Å². The first kappa shape index (κ1) is 22.9. The first-order chi connectivity index (χ1) is 15.4. The minimum atomic E-state index is -1.18. The maximum Gasteiger partial charge on any atom is 0.246 e. The Kier molecular flexibility index (Phi) is 7.48. The lowest BCUT2D eigenvalue weighted by Gasteiger charge is -2.17. The molecule has 8 nitrogen and oxygen atoms in total. The van der Waals surface area contributed by atoms with Gasteiger partial charge in [0.15, 0.2) is 11.6 Å². The number of aromatic nitrogens is 2. The van der Waals surface area contributed by atoms with Crippen LogP contribution in [0, 0.1) is 11.6 Å². The van der Waals surface area contributed by atoms with E-state index >= 15 is 0 Å². The van der Waals surface area contributed by atoms with Crippen LogP contribution in [0.25, 0.3) is 11.4 Å². The highest BCUT2D eigenvalue weighted by atomic mass is 19.2. The van der Waals surface area contributed by atoms with E-state index in [9.17, 15) is 18.4 Å². The third-order valence-electron chi connectivity index (χ3n) is 4.55. The fraction of sp³-hybridized carbons (Fsp3) is 0.273. The number of ether oxygens (including phenoxy) is 1. The van der Waals surface area contributed by atoms with Crippen LogP contribution in [0.15, 0.2) is 47.0 Å². The van der Waals surface area contributed by atoms with E-state index in [-0.39, 0.29) is 24.3 Å². The van der Waals surface area contributed by atoms with Gasteiger partial charge in [-0.2, -0.15) is 4.98 Å². The third-order valence-corrected chi connectivity index (χ3v) is 4.55. The number of halogens is 2. The average molecular weight is 444 g/mol. The Bertz CT molecular complexity index is 1090. The molecule has 3 rings (SSSR count). The molecule has 0 saturated heterocycles. The quantitative estimate of drug-likeness (QED) is 0.526. The molecule has 2 aromatic carbocycles. The Hall–Kier alpha value is -3.82. The number of benzene rings is 2. The minimum absolute atomic E-state index is 0.0535. The summed E-state index contributed by atoms with van der Waals surface area (Å²) >= 11 is 0. The predicted molar refractivity (Wildman–Crippen MR) is 111 cm³/mol. The van der Waals surface area contributed by atoms with Gasteiger partial charge in [-0.1, -0.05) is 11.2 Å². The molecule has 1 unspecified atom stereocenters. The standard InChI is InChI=1S/C22H22F2N4O4/c1-3-31-15-7-4-13(5-8-15)21-27-19(32-28-21)11-10-18(29)26-20(22(30)25-2)14-6-9-16(23)17(24)12-14/h4-9,12,20H,3,10-11H2,1-2H3,(H,25,30)(H,26,29). The molecule has 3 aromatic rings. The molecule has 10 heteroatoms. The molecular weight excluding hydrogens is 422 g/mol. The Balaban J connectivity index is 1.61. The Morgan fingerprint density at radius 3 is 2.53 bits per heavy atom. The van der Waals surface area contributed by atoms with Crippen molar-refractivity contribution in [2.24, 2.45) is 0 Å². The molecule has 0 spiro atoms. The van der Waals surface area contributed by atoms with E-state index in [1.165, 1.54) is 13.1 Å². The number of hydrogen-bond acceptors (Lipinski definition) is 6. The fourth-order valence-electron chi connectivity index (χ4n) is 2.93.